The van der Waals surface area contributed by atoms with Gasteiger partial charge in [0.2, 0.25) is 0 Å². The molecule has 5 heteroatoms. The van der Waals surface area contributed by atoms with Crippen LogP contribution in [0, 0.1) is 0 Å². The second-order valence-electron chi connectivity index (χ2n) is 4.36. The van der Waals surface area contributed by atoms with E-state index < -0.39 is 11.5 Å². The molecule has 0 aliphatic rings. The number of rotatable bonds is 6. The van der Waals surface area contributed by atoms with Crippen LogP contribution in [0.25, 0.3) is 0 Å². The van der Waals surface area contributed by atoms with Gasteiger partial charge in [-0.15, -0.1) is 0 Å². The molecule has 0 saturated heterocycles. The van der Waals surface area contributed by atoms with Crippen molar-refractivity contribution in [2.24, 2.45) is 10.9 Å². The maximum Gasteiger partial charge on any atom is 0.331 e. The maximum atomic E-state index is 11.7. The smallest absolute Gasteiger partial charge is 0.331 e. The summed E-state index contributed by atoms with van der Waals surface area (Å²) in [5.41, 5.74) is 5.98. The Morgan fingerprint density at radius 2 is 2.00 bits per heavy atom. The number of nitrogens with zero attached hydrogens (tertiary/aromatic N) is 1. The van der Waals surface area contributed by atoms with Gasteiger partial charge < -0.3 is 15.3 Å². The van der Waals surface area contributed by atoms with Gasteiger partial charge in [0.25, 0.3) is 0 Å². The molecular weight excluding hydrogens is 244 g/mol. The molecule has 5 nitrogen and oxygen atoms in total. The van der Waals surface area contributed by atoms with Crippen LogP contribution < -0.4 is 5.73 Å². The SMILES string of the molecule is CCOC(=O)C(C)(N)/C(C)=N/OCc1ccccc1. The van der Waals surface area contributed by atoms with Crippen molar-refractivity contribution in [3.8, 4) is 0 Å². The van der Waals surface area contributed by atoms with E-state index in [9.17, 15) is 4.79 Å². The van der Waals surface area contributed by atoms with E-state index in [1.807, 2.05) is 30.3 Å². The zero-order valence-corrected chi connectivity index (χ0v) is 11.6. The van der Waals surface area contributed by atoms with Crippen molar-refractivity contribution >= 4 is 11.7 Å². The van der Waals surface area contributed by atoms with Gasteiger partial charge in [-0.1, -0.05) is 35.5 Å². The minimum atomic E-state index is -1.27. The van der Waals surface area contributed by atoms with Gasteiger partial charge in [0, 0.05) is 0 Å². The van der Waals surface area contributed by atoms with E-state index in [2.05, 4.69) is 5.16 Å². The van der Waals surface area contributed by atoms with Crippen LogP contribution in [0.2, 0.25) is 0 Å². The summed E-state index contributed by atoms with van der Waals surface area (Å²) in [6.45, 7) is 5.53. The maximum absolute atomic E-state index is 11.7. The van der Waals surface area contributed by atoms with Crippen molar-refractivity contribution in [1.29, 1.82) is 0 Å². The minimum absolute atomic E-state index is 0.282. The molecule has 1 atom stereocenters. The summed E-state index contributed by atoms with van der Waals surface area (Å²) in [7, 11) is 0. The van der Waals surface area contributed by atoms with Crippen LogP contribution >= 0.6 is 0 Å². The van der Waals surface area contributed by atoms with Gasteiger partial charge in [-0.3, -0.25) is 0 Å². The van der Waals surface area contributed by atoms with Gasteiger partial charge in [-0.05, 0) is 26.3 Å². The van der Waals surface area contributed by atoms with E-state index in [4.69, 9.17) is 15.3 Å². The standard InChI is InChI=1S/C14H20N2O3/c1-4-18-13(17)14(3,15)11(2)16-19-10-12-8-6-5-7-9-12/h5-9H,4,10,15H2,1-3H3/b16-11+. The molecule has 0 aliphatic carbocycles. The molecule has 1 aromatic carbocycles. The van der Waals surface area contributed by atoms with Gasteiger partial charge >= 0.3 is 5.97 Å². The fraction of sp³-hybridized carbons (Fsp3) is 0.429. The number of esters is 1. The first kappa shape index (κ1) is 15.2. The molecule has 0 amide bonds. The summed E-state index contributed by atoms with van der Waals surface area (Å²) >= 11 is 0. The first-order chi connectivity index (χ1) is 8.98. The predicted molar refractivity (Wildman–Crippen MR) is 73.6 cm³/mol. The van der Waals surface area contributed by atoms with Crippen molar-refractivity contribution in [3.05, 3.63) is 35.9 Å². The second kappa shape index (κ2) is 6.89. The largest absolute Gasteiger partial charge is 0.464 e. The second-order valence-corrected chi connectivity index (χ2v) is 4.36. The molecule has 19 heavy (non-hydrogen) atoms. The lowest BCUT2D eigenvalue weighted by molar-refractivity contribution is -0.146. The lowest BCUT2D eigenvalue weighted by Crippen LogP contribution is -2.52. The number of hydrogen-bond acceptors (Lipinski definition) is 5. The Labute approximate surface area is 113 Å². The zero-order chi connectivity index (χ0) is 14.3. The Morgan fingerprint density at radius 3 is 2.58 bits per heavy atom. The molecule has 0 aromatic heterocycles. The van der Waals surface area contributed by atoms with Crippen molar-refractivity contribution < 1.29 is 14.4 Å². The van der Waals surface area contributed by atoms with Crippen LogP contribution in [-0.4, -0.2) is 23.8 Å². The summed E-state index contributed by atoms with van der Waals surface area (Å²) in [6.07, 6.45) is 0. The van der Waals surface area contributed by atoms with Gasteiger partial charge in [-0.2, -0.15) is 0 Å². The summed E-state index contributed by atoms with van der Waals surface area (Å²) < 4.78 is 4.89. The van der Waals surface area contributed by atoms with E-state index in [0.29, 0.717) is 12.3 Å². The lowest BCUT2D eigenvalue weighted by Gasteiger charge is -2.21. The van der Waals surface area contributed by atoms with Crippen molar-refractivity contribution in [3.63, 3.8) is 0 Å². The molecule has 0 radical (unpaired) electrons. The first-order valence-electron chi connectivity index (χ1n) is 6.15. The van der Waals surface area contributed by atoms with Crippen LogP contribution in [0.1, 0.15) is 26.3 Å². The molecule has 0 heterocycles. The summed E-state index contributed by atoms with van der Waals surface area (Å²) in [5.74, 6) is -0.514. The number of hydrogen-bond donors (Lipinski definition) is 1. The van der Waals surface area contributed by atoms with E-state index in [0.717, 1.165) is 5.56 Å². The van der Waals surface area contributed by atoms with Crippen LogP contribution in [0.5, 0.6) is 0 Å². The Kier molecular flexibility index (Phi) is 5.51. The quantitative estimate of drug-likeness (QED) is 0.483. The number of carbonyl (C=O) groups is 1. The summed E-state index contributed by atoms with van der Waals surface area (Å²) in [4.78, 5) is 16.9. The van der Waals surface area contributed by atoms with Crippen molar-refractivity contribution in [2.75, 3.05) is 6.61 Å². The third kappa shape index (κ3) is 4.37. The van der Waals surface area contributed by atoms with Crippen molar-refractivity contribution in [2.45, 2.75) is 32.9 Å². The fourth-order valence-electron chi connectivity index (χ4n) is 1.30. The van der Waals surface area contributed by atoms with Crippen LogP contribution in [0.4, 0.5) is 0 Å². The highest BCUT2D eigenvalue weighted by Gasteiger charge is 2.34. The van der Waals surface area contributed by atoms with Crippen LogP contribution in [-0.2, 0) is 21.0 Å². The number of benzene rings is 1. The average molecular weight is 264 g/mol. The molecule has 0 aliphatic heterocycles. The predicted octanol–water partition coefficient (Wildman–Crippen LogP) is 1.86. The van der Waals surface area contributed by atoms with Crippen LogP contribution in [0.15, 0.2) is 35.5 Å². The molecule has 1 unspecified atom stereocenters. The number of ether oxygens (including phenoxy) is 1. The summed E-state index contributed by atoms with van der Waals surface area (Å²) in [5, 5.41) is 3.89. The Hall–Kier alpha value is -1.88. The third-order valence-electron chi connectivity index (χ3n) is 2.73. The average Bonchev–Trinajstić information content (AvgIpc) is 2.40. The molecule has 104 valence electrons. The van der Waals surface area contributed by atoms with Gasteiger partial charge in [-0.25, -0.2) is 4.79 Å². The van der Waals surface area contributed by atoms with E-state index in [-0.39, 0.29) is 6.61 Å². The fourth-order valence-corrected chi connectivity index (χ4v) is 1.30. The Bertz CT molecular complexity index is 441. The molecule has 0 spiro atoms. The molecular formula is C14H20N2O3. The third-order valence-corrected chi connectivity index (χ3v) is 2.73. The Balaban J connectivity index is 2.59. The molecule has 0 bridgehead atoms. The normalized spacial score (nSPS) is 14.6. The topological polar surface area (TPSA) is 73.9 Å². The van der Waals surface area contributed by atoms with Gasteiger partial charge in [0.1, 0.15) is 6.61 Å². The Morgan fingerprint density at radius 1 is 1.37 bits per heavy atom. The molecule has 1 aromatic rings. The first-order valence-corrected chi connectivity index (χ1v) is 6.15. The highest BCUT2D eigenvalue weighted by Crippen LogP contribution is 2.08. The van der Waals surface area contributed by atoms with E-state index in [1.54, 1.807) is 20.8 Å². The van der Waals surface area contributed by atoms with Gasteiger partial charge in [0.05, 0.1) is 12.3 Å². The lowest BCUT2D eigenvalue weighted by atomic mass is 9.99. The van der Waals surface area contributed by atoms with Gasteiger partial charge in [0.15, 0.2) is 5.54 Å². The molecule has 2 N–H and O–H groups in total. The molecule has 1 rings (SSSR count). The van der Waals surface area contributed by atoms with Crippen LogP contribution in [0.3, 0.4) is 0 Å². The zero-order valence-electron chi connectivity index (χ0n) is 11.6. The molecule has 0 saturated carbocycles. The van der Waals surface area contributed by atoms with Crippen molar-refractivity contribution in [1.82, 2.24) is 0 Å². The highest BCUT2D eigenvalue weighted by atomic mass is 16.6. The number of nitrogens with two attached hydrogens (primary N) is 1. The van der Waals surface area contributed by atoms with E-state index >= 15 is 0 Å². The number of oxime groups is 1. The monoisotopic (exact) mass is 264 g/mol. The van der Waals surface area contributed by atoms with E-state index in [1.165, 1.54) is 0 Å². The summed E-state index contributed by atoms with van der Waals surface area (Å²) in [6, 6.07) is 9.62. The highest BCUT2D eigenvalue weighted by molar-refractivity contribution is 6.09. The molecule has 0 fully saturated rings. The minimum Gasteiger partial charge on any atom is -0.464 e. The number of carbonyl (C=O) groups excluding carboxylic acids is 1.